The summed E-state index contributed by atoms with van der Waals surface area (Å²) in [5, 5.41) is 3.13. The van der Waals surface area contributed by atoms with Gasteiger partial charge in [-0.15, -0.1) is 0 Å². The molecule has 1 unspecified atom stereocenters. The first kappa shape index (κ1) is 11.6. The Morgan fingerprint density at radius 1 is 1.33 bits per heavy atom. The molecule has 1 saturated heterocycles. The lowest BCUT2D eigenvalue weighted by Gasteiger charge is -2.16. The van der Waals surface area contributed by atoms with Crippen LogP contribution < -0.4 is 19.5 Å². The summed E-state index contributed by atoms with van der Waals surface area (Å²) in [6.45, 7) is 2.45. The second kappa shape index (κ2) is 5.04. The van der Waals surface area contributed by atoms with Crippen molar-refractivity contribution in [2.75, 3.05) is 27.1 Å². The highest BCUT2D eigenvalue weighted by Crippen LogP contribution is 2.38. The third-order valence-corrected chi connectivity index (χ3v) is 3.10. The van der Waals surface area contributed by atoms with Crippen molar-refractivity contribution in [2.45, 2.75) is 19.1 Å². The SMILES string of the molecule is CNCc1cc2c(cc1OC1CCOC1)OCO2. The smallest absolute Gasteiger partial charge is 0.231 e. The first-order valence-electron chi connectivity index (χ1n) is 6.18. The fraction of sp³-hybridized carbons (Fsp3) is 0.538. The molecule has 1 atom stereocenters. The van der Waals surface area contributed by atoms with E-state index in [2.05, 4.69) is 5.32 Å². The minimum atomic E-state index is 0.140. The maximum Gasteiger partial charge on any atom is 0.231 e. The third-order valence-electron chi connectivity index (χ3n) is 3.10. The number of nitrogens with one attached hydrogen (secondary N) is 1. The molecule has 0 spiro atoms. The number of fused-ring (bicyclic) bond motifs is 1. The van der Waals surface area contributed by atoms with Gasteiger partial charge in [-0.3, -0.25) is 0 Å². The van der Waals surface area contributed by atoms with Crippen LogP contribution in [0.25, 0.3) is 0 Å². The molecule has 1 N–H and O–H groups in total. The Bertz CT molecular complexity index is 429. The summed E-state index contributed by atoms with van der Waals surface area (Å²) in [6, 6.07) is 3.89. The zero-order chi connectivity index (χ0) is 12.4. The molecule has 0 bridgehead atoms. The number of hydrogen-bond acceptors (Lipinski definition) is 5. The van der Waals surface area contributed by atoms with Gasteiger partial charge in [0, 0.05) is 24.6 Å². The fourth-order valence-electron chi connectivity index (χ4n) is 2.19. The maximum atomic E-state index is 5.98. The minimum Gasteiger partial charge on any atom is -0.487 e. The van der Waals surface area contributed by atoms with Crippen LogP contribution in [0.4, 0.5) is 0 Å². The Kier molecular flexibility index (Phi) is 3.25. The molecule has 0 radical (unpaired) electrons. The van der Waals surface area contributed by atoms with E-state index in [9.17, 15) is 0 Å². The Morgan fingerprint density at radius 3 is 2.89 bits per heavy atom. The molecule has 0 saturated carbocycles. The maximum absolute atomic E-state index is 5.98. The average Bonchev–Trinajstić information content (AvgIpc) is 3.00. The van der Waals surface area contributed by atoms with Crippen LogP contribution in [-0.4, -0.2) is 33.2 Å². The first-order chi connectivity index (χ1) is 8.86. The zero-order valence-corrected chi connectivity index (χ0v) is 10.4. The summed E-state index contributed by atoms with van der Waals surface area (Å²) in [6.07, 6.45) is 1.08. The summed E-state index contributed by atoms with van der Waals surface area (Å²) in [5.74, 6) is 2.39. The van der Waals surface area contributed by atoms with E-state index in [1.165, 1.54) is 0 Å². The molecule has 2 heterocycles. The van der Waals surface area contributed by atoms with Gasteiger partial charge < -0.3 is 24.3 Å². The Labute approximate surface area is 106 Å². The molecular formula is C13H17NO4. The van der Waals surface area contributed by atoms with Gasteiger partial charge in [0.25, 0.3) is 0 Å². The van der Waals surface area contributed by atoms with Gasteiger partial charge >= 0.3 is 0 Å². The summed E-state index contributed by atoms with van der Waals surface area (Å²) < 4.78 is 22.1. The van der Waals surface area contributed by atoms with Crippen molar-refractivity contribution in [1.29, 1.82) is 0 Å². The summed E-state index contributed by atoms with van der Waals surface area (Å²) in [5.41, 5.74) is 1.08. The first-order valence-corrected chi connectivity index (χ1v) is 6.18. The lowest BCUT2D eigenvalue weighted by atomic mass is 10.1. The van der Waals surface area contributed by atoms with E-state index in [0.29, 0.717) is 6.61 Å². The zero-order valence-electron chi connectivity index (χ0n) is 10.4. The molecule has 0 amide bonds. The van der Waals surface area contributed by atoms with Gasteiger partial charge in [0.2, 0.25) is 6.79 Å². The molecule has 3 rings (SSSR count). The van der Waals surface area contributed by atoms with Crippen LogP contribution in [0.1, 0.15) is 12.0 Å². The van der Waals surface area contributed by atoms with E-state index in [4.69, 9.17) is 18.9 Å². The summed E-state index contributed by atoms with van der Waals surface area (Å²) in [7, 11) is 1.91. The minimum absolute atomic E-state index is 0.140. The molecule has 1 fully saturated rings. The normalized spacial score (nSPS) is 21.3. The van der Waals surface area contributed by atoms with Crippen LogP contribution in [0.3, 0.4) is 0 Å². The van der Waals surface area contributed by atoms with Gasteiger partial charge in [-0.2, -0.15) is 0 Å². The Morgan fingerprint density at radius 2 is 2.17 bits per heavy atom. The van der Waals surface area contributed by atoms with E-state index in [1.54, 1.807) is 0 Å². The van der Waals surface area contributed by atoms with Crippen LogP contribution in [-0.2, 0) is 11.3 Å². The predicted octanol–water partition coefficient (Wildman–Crippen LogP) is 1.30. The van der Waals surface area contributed by atoms with Crippen molar-refractivity contribution in [1.82, 2.24) is 5.32 Å². The second-order valence-electron chi connectivity index (χ2n) is 4.45. The average molecular weight is 251 g/mol. The monoisotopic (exact) mass is 251 g/mol. The molecule has 18 heavy (non-hydrogen) atoms. The molecular weight excluding hydrogens is 234 g/mol. The standard InChI is InChI=1S/C13H17NO4/c1-14-6-9-4-12-13(17-8-16-12)5-11(9)18-10-2-3-15-7-10/h4-5,10,14H,2-3,6-8H2,1H3. The molecule has 2 aliphatic heterocycles. The van der Waals surface area contributed by atoms with Crippen LogP contribution in [0.5, 0.6) is 17.2 Å². The molecule has 98 valence electrons. The van der Waals surface area contributed by atoms with Crippen molar-refractivity contribution >= 4 is 0 Å². The van der Waals surface area contributed by atoms with Gasteiger partial charge in [-0.05, 0) is 13.1 Å². The molecule has 0 aromatic heterocycles. The lowest BCUT2D eigenvalue weighted by molar-refractivity contribution is 0.140. The lowest BCUT2D eigenvalue weighted by Crippen LogP contribution is -2.17. The molecule has 5 heteroatoms. The van der Waals surface area contributed by atoms with Gasteiger partial charge in [0.05, 0.1) is 13.2 Å². The van der Waals surface area contributed by atoms with Crippen LogP contribution in [0.2, 0.25) is 0 Å². The van der Waals surface area contributed by atoms with Crippen molar-refractivity contribution in [3.8, 4) is 17.2 Å². The van der Waals surface area contributed by atoms with E-state index in [1.807, 2.05) is 19.2 Å². The Hall–Kier alpha value is -1.46. The number of hydrogen-bond donors (Lipinski definition) is 1. The quantitative estimate of drug-likeness (QED) is 0.874. The number of rotatable bonds is 4. The fourth-order valence-corrected chi connectivity index (χ4v) is 2.19. The van der Waals surface area contributed by atoms with Crippen LogP contribution in [0, 0.1) is 0 Å². The third kappa shape index (κ3) is 2.23. The summed E-state index contributed by atoms with van der Waals surface area (Å²) in [4.78, 5) is 0. The molecule has 5 nitrogen and oxygen atoms in total. The molecule has 2 aliphatic rings. The highest BCUT2D eigenvalue weighted by atomic mass is 16.7. The second-order valence-corrected chi connectivity index (χ2v) is 4.45. The summed E-state index contributed by atoms with van der Waals surface area (Å²) >= 11 is 0. The van der Waals surface area contributed by atoms with Crippen molar-refractivity contribution in [3.63, 3.8) is 0 Å². The van der Waals surface area contributed by atoms with Crippen molar-refractivity contribution < 1.29 is 18.9 Å². The van der Waals surface area contributed by atoms with Gasteiger partial charge in [-0.25, -0.2) is 0 Å². The highest BCUT2D eigenvalue weighted by molar-refractivity contribution is 5.51. The van der Waals surface area contributed by atoms with Gasteiger partial charge in [0.15, 0.2) is 11.5 Å². The molecule has 1 aromatic carbocycles. The Balaban J connectivity index is 1.85. The number of benzene rings is 1. The van der Waals surface area contributed by atoms with E-state index in [-0.39, 0.29) is 12.9 Å². The highest BCUT2D eigenvalue weighted by Gasteiger charge is 2.22. The predicted molar refractivity (Wildman–Crippen MR) is 65.2 cm³/mol. The van der Waals surface area contributed by atoms with Crippen LogP contribution >= 0.6 is 0 Å². The molecule has 0 aliphatic carbocycles. The molecule has 1 aromatic rings. The van der Waals surface area contributed by atoms with Crippen molar-refractivity contribution in [2.24, 2.45) is 0 Å². The van der Waals surface area contributed by atoms with E-state index >= 15 is 0 Å². The van der Waals surface area contributed by atoms with Gasteiger partial charge in [0.1, 0.15) is 11.9 Å². The van der Waals surface area contributed by atoms with E-state index in [0.717, 1.165) is 42.4 Å². The number of ether oxygens (including phenoxy) is 4. The van der Waals surface area contributed by atoms with Crippen LogP contribution in [0.15, 0.2) is 12.1 Å². The largest absolute Gasteiger partial charge is 0.487 e. The topological polar surface area (TPSA) is 49.0 Å². The van der Waals surface area contributed by atoms with E-state index < -0.39 is 0 Å². The van der Waals surface area contributed by atoms with Gasteiger partial charge in [-0.1, -0.05) is 0 Å². The van der Waals surface area contributed by atoms with Crippen molar-refractivity contribution in [3.05, 3.63) is 17.7 Å².